The van der Waals surface area contributed by atoms with E-state index in [1.54, 1.807) is 0 Å². The summed E-state index contributed by atoms with van der Waals surface area (Å²) < 4.78 is 5.91. The standard InChI is InChI=1S/C6H16NO2.C6H15NO2.C3H9N.C3H6O2.2H2O/c2*1-7(2,3)4-6(9)5-8;1-4(2)3;4-1-3-2-5-3;;/h6,8-9H,4-5H2,1-3H3;6,8H,4-5H2,1-3H3;1-3H3;3-4H,1-2H2;2*1H2/q+1;;;;;/p-1. The van der Waals surface area contributed by atoms with Crippen molar-refractivity contribution >= 4 is 0 Å². The Balaban J connectivity index is -0.0000000903. The molecule has 7 N–H and O–H groups in total. The van der Waals surface area contributed by atoms with Crippen molar-refractivity contribution in [3.8, 4) is 0 Å². The van der Waals surface area contributed by atoms with Gasteiger partial charge < -0.3 is 55.1 Å². The lowest BCUT2D eigenvalue weighted by molar-refractivity contribution is -0.880. The fourth-order valence-electron chi connectivity index (χ4n) is 1.53. The molecular formula is C18H49N3O8. The van der Waals surface area contributed by atoms with Crippen molar-refractivity contribution in [3.05, 3.63) is 0 Å². The van der Waals surface area contributed by atoms with Crippen molar-refractivity contribution < 1.29 is 50.2 Å². The van der Waals surface area contributed by atoms with E-state index >= 15 is 0 Å². The minimum atomic E-state index is -0.829. The van der Waals surface area contributed by atoms with Crippen LogP contribution in [0, 0.1) is 0 Å². The van der Waals surface area contributed by atoms with Gasteiger partial charge in [-0.25, -0.2) is 0 Å². The van der Waals surface area contributed by atoms with Crippen molar-refractivity contribution in [2.24, 2.45) is 0 Å². The fourth-order valence-corrected chi connectivity index (χ4v) is 1.53. The topological polar surface area (TPSA) is 181 Å². The van der Waals surface area contributed by atoms with Gasteiger partial charge in [0.25, 0.3) is 0 Å². The van der Waals surface area contributed by atoms with E-state index in [-0.39, 0.29) is 36.9 Å². The zero-order chi connectivity index (χ0) is 22.3. The summed E-state index contributed by atoms with van der Waals surface area (Å²) in [4.78, 5) is 2.00. The maximum Gasteiger partial charge on any atom is 0.126 e. The van der Waals surface area contributed by atoms with Crippen LogP contribution in [0.4, 0.5) is 0 Å². The van der Waals surface area contributed by atoms with Gasteiger partial charge in [-0.1, -0.05) is 6.10 Å². The second kappa shape index (κ2) is 20.8. The minimum Gasteiger partial charge on any atom is -0.870 e. The molecule has 3 unspecified atom stereocenters. The molecule has 0 amide bonds. The molecule has 0 bridgehead atoms. The monoisotopic (exact) mass is 435 g/mol. The van der Waals surface area contributed by atoms with E-state index in [9.17, 15) is 5.11 Å². The highest BCUT2D eigenvalue weighted by Crippen LogP contribution is 2.04. The van der Waals surface area contributed by atoms with Crippen molar-refractivity contribution in [1.82, 2.24) is 4.90 Å². The van der Waals surface area contributed by atoms with E-state index in [0.717, 1.165) is 6.61 Å². The Morgan fingerprint density at radius 2 is 1.28 bits per heavy atom. The molecule has 0 aromatic carbocycles. The van der Waals surface area contributed by atoms with Crippen LogP contribution in [0.25, 0.3) is 0 Å². The molecule has 1 rings (SSSR count). The Kier molecular flexibility index (Phi) is 28.1. The van der Waals surface area contributed by atoms with Gasteiger partial charge >= 0.3 is 0 Å². The Morgan fingerprint density at radius 1 is 0.931 bits per heavy atom. The highest BCUT2D eigenvalue weighted by molar-refractivity contribution is 4.65. The molecule has 0 spiro atoms. The first-order valence-electron chi connectivity index (χ1n) is 9.07. The van der Waals surface area contributed by atoms with Crippen molar-refractivity contribution in [2.45, 2.75) is 18.3 Å². The largest absolute Gasteiger partial charge is 0.870 e. The Morgan fingerprint density at radius 3 is 1.34 bits per heavy atom. The Labute approximate surface area is 177 Å². The summed E-state index contributed by atoms with van der Waals surface area (Å²) in [5.74, 6) is 0. The maximum atomic E-state index is 10.6. The number of aliphatic hydroxyl groups is 4. The molecule has 184 valence electrons. The molecule has 1 fully saturated rings. The first-order valence-corrected chi connectivity index (χ1v) is 9.07. The molecule has 3 atom stereocenters. The van der Waals surface area contributed by atoms with E-state index in [1.807, 2.05) is 68.3 Å². The summed E-state index contributed by atoms with van der Waals surface area (Å²) in [5.41, 5.74) is 0. The third-order valence-corrected chi connectivity index (χ3v) is 2.53. The van der Waals surface area contributed by atoms with Crippen LogP contribution in [0.3, 0.4) is 0 Å². The first-order chi connectivity index (χ1) is 12.1. The van der Waals surface area contributed by atoms with E-state index in [1.165, 1.54) is 0 Å². The SMILES string of the molecule is CN(C)C.C[N+](C)(C)CC(O)CO.C[N+](C)(C)CC([O-])CO.O.OCC1CO1.[OH-]. The molecule has 29 heavy (non-hydrogen) atoms. The van der Waals surface area contributed by atoms with Crippen LogP contribution in [-0.4, -0.2) is 167 Å². The minimum absolute atomic E-state index is 0. The number of ether oxygens (including phenoxy) is 1. The predicted molar refractivity (Wildman–Crippen MR) is 112 cm³/mol. The summed E-state index contributed by atoms with van der Waals surface area (Å²) >= 11 is 0. The highest BCUT2D eigenvalue weighted by atomic mass is 16.6. The molecular weight excluding hydrogens is 386 g/mol. The van der Waals surface area contributed by atoms with Crippen molar-refractivity contribution in [1.29, 1.82) is 0 Å². The lowest BCUT2D eigenvalue weighted by Gasteiger charge is -2.31. The molecule has 1 aliphatic rings. The van der Waals surface area contributed by atoms with Gasteiger partial charge in [0.1, 0.15) is 18.8 Å². The smallest absolute Gasteiger partial charge is 0.126 e. The predicted octanol–water partition coefficient (Wildman–Crippen LogP) is -3.99. The molecule has 11 nitrogen and oxygen atoms in total. The third-order valence-electron chi connectivity index (χ3n) is 2.53. The number of likely N-dealkylation sites (N-methyl/N-ethyl adjacent to an activating group) is 2. The average molecular weight is 436 g/mol. The quantitative estimate of drug-likeness (QED) is 0.230. The lowest BCUT2D eigenvalue weighted by atomic mass is 10.3. The van der Waals surface area contributed by atoms with Gasteiger partial charge in [0.05, 0.1) is 68.7 Å². The lowest BCUT2D eigenvalue weighted by Crippen LogP contribution is -2.48. The second-order valence-electron chi connectivity index (χ2n) is 9.07. The van der Waals surface area contributed by atoms with E-state index in [0.29, 0.717) is 22.1 Å². The summed E-state index contributed by atoms with van der Waals surface area (Å²) in [5, 5.41) is 44.5. The highest BCUT2D eigenvalue weighted by Gasteiger charge is 2.19. The van der Waals surface area contributed by atoms with Crippen LogP contribution in [-0.2, 0) is 4.74 Å². The maximum absolute atomic E-state index is 10.6. The second-order valence-corrected chi connectivity index (χ2v) is 9.07. The van der Waals surface area contributed by atoms with Crippen LogP contribution < -0.4 is 5.11 Å². The van der Waals surface area contributed by atoms with Gasteiger partial charge in [0, 0.05) is 6.61 Å². The number of quaternary nitrogens is 2. The molecule has 1 saturated heterocycles. The number of hydrogen-bond donors (Lipinski definition) is 4. The molecule has 0 aromatic rings. The normalized spacial score (nSPS) is 16.9. The first kappa shape index (κ1) is 39.1. The molecule has 11 heteroatoms. The van der Waals surface area contributed by atoms with Gasteiger partial charge in [-0.15, -0.1) is 0 Å². The number of epoxide rings is 1. The number of hydrogen-bond acceptors (Lipinski definition) is 8. The summed E-state index contributed by atoms with van der Waals surface area (Å²) in [7, 11) is 17.7. The average Bonchev–Trinajstić information content (AvgIpc) is 3.28. The van der Waals surface area contributed by atoms with E-state index in [2.05, 4.69) is 4.74 Å². The van der Waals surface area contributed by atoms with Gasteiger partial charge in [-0.2, -0.15) is 0 Å². The molecule has 1 heterocycles. The van der Waals surface area contributed by atoms with Crippen LogP contribution in [0.1, 0.15) is 0 Å². The van der Waals surface area contributed by atoms with Crippen molar-refractivity contribution in [3.63, 3.8) is 0 Å². The summed E-state index contributed by atoms with van der Waals surface area (Å²) in [6, 6.07) is 0. The molecule has 0 aromatic heterocycles. The van der Waals surface area contributed by atoms with Crippen LogP contribution in [0.2, 0.25) is 0 Å². The zero-order valence-electron chi connectivity index (χ0n) is 19.9. The number of rotatable bonds is 7. The Hall–Kier alpha value is -0.440. The van der Waals surface area contributed by atoms with Crippen molar-refractivity contribution in [2.75, 3.05) is 103 Å². The fraction of sp³-hybridized carbons (Fsp3) is 1.00. The van der Waals surface area contributed by atoms with E-state index in [4.69, 9.17) is 20.4 Å². The molecule has 0 radical (unpaired) electrons. The Bertz CT molecular complexity index is 294. The zero-order valence-corrected chi connectivity index (χ0v) is 19.9. The molecule has 1 aliphatic heterocycles. The molecule has 0 aliphatic carbocycles. The molecule has 0 saturated carbocycles. The van der Waals surface area contributed by atoms with Gasteiger partial charge in [0.2, 0.25) is 0 Å². The van der Waals surface area contributed by atoms with Crippen LogP contribution >= 0.6 is 0 Å². The van der Waals surface area contributed by atoms with Gasteiger partial charge in [-0.3, -0.25) is 0 Å². The summed E-state index contributed by atoms with van der Waals surface area (Å²) in [6.45, 7) is 1.63. The third kappa shape index (κ3) is 52.3. The number of nitrogens with zero attached hydrogens (tertiary/aromatic N) is 3. The van der Waals surface area contributed by atoms with Gasteiger partial charge in [-0.05, 0) is 21.1 Å². The number of aliphatic hydroxyl groups excluding tert-OH is 4. The van der Waals surface area contributed by atoms with E-state index < -0.39 is 12.2 Å². The van der Waals surface area contributed by atoms with Crippen LogP contribution in [0.15, 0.2) is 0 Å². The van der Waals surface area contributed by atoms with Crippen LogP contribution in [0.5, 0.6) is 0 Å². The summed E-state index contributed by atoms with van der Waals surface area (Å²) in [6.07, 6.45) is -1.22. The van der Waals surface area contributed by atoms with Gasteiger partial charge in [0.15, 0.2) is 0 Å².